The molecule has 9 heteroatoms. The highest BCUT2D eigenvalue weighted by atomic mass is 35.5. The van der Waals surface area contributed by atoms with Crippen LogP contribution in [0.15, 0.2) is 76.9 Å². The number of nitrogens with zero attached hydrogens (tertiary/aromatic N) is 2. The van der Waals surface area contributed by atoms with Gasteiger partial charge in [0.15, 0.2) is 0 Å². The van der Waals surface area contributed by atoms with E-state index in [-0.39, 0.29) is 5.91 Å². The summed E-state index contributed by atoms with van der Waals surface area (Å²) >= 11 is 9.32. The Labute approximate surface area is 194 Å². The quantitative estimate of drug-likeness (QED) is 0.397. The maximum absolute atomic E-state index is 11.3. The van der Waals surface area contributed by atoms with E-state index in [9.17, 15) is 4.79 Å². The van der Waals surface area contributed by atoms with Gasteiger partial charge in [0.1, 0.15) is 5.82 Å². The number of carbonyl (C=O) groups excluding carboxylic acids is 1. The van der Waals surface area contributed by atoms with Crippen molar-refractivity contribution in [3.8, 4) is 0 Å². The van der Waals surface area contributed by atoms with Gasteiger partial charge in [0.25, 0.3) is 0 Å². The van der Waals surface area contributed by atoms with Crippen molar-refractivity contribution in [1.29, 1.82) is 0 Å². The molecular weight excluding hydrogens is 450 g/mol. The Morgan fingerprint density at radius 1 is 1.19 bits per heavy atom. The van der Waals surface area contributed by atoms with Gasteiger partial charge in [-0.25, -0.2) is 4.98 Å². The number of carbonyl (C=O) groups is 1. The van der Waals surface area contributed by atoms with Gasteiger partial charge in [-0.1, -0.05) is 41.6 Å². The summed E-state index contributed by atoms with van der Waals surface area (Å²) in [5.41, 5.74) is 8.12. The summed E-state index contributed by atoms with van der Waals surface area (Å²) < 4.78 is 0. The summed E-state index contributed by atoms with van der Waals surface area (Å²) in [4.78, 5) is 16.0. The number of hydrazone groups is 1. The van der Waals surface area contributed by atoms with Crippen LogP contribution < -0.4 is 16.1 Å². The third-order valence-corrected chi connectivity index (χ3v) is 6.83. The summed E-state index contributed by atoms with van der Waals surface area (Å²) in [6, 6.07) is 19.7. The van der Waals surface area contributed by atoms with Crippen molar-refractivity contribution in [3.63, 3.8) is 0 Å². The predicted molar refractivity (Wildman–Crippen MR) is 131 cm³/mol. The van der Waals surface area contributed by atoms with Gasteiger partial charge in [0.05, 0.1) is 5.55 Å². The van der Waals surface area contributed by atoms with Crippen molar-refractivity contribution < 1.29 is 4.79 Å². The van der Waals surface area contributed by atoms with Crippen LogP contribution in [0, 0.1) is 0 Å². The maximum atomic E-state index is 11.3. The Balaban J connectivity index is 1.57. The van der Waals surface area contributed by atoms with Gasteiger partial charge in [-0.3, -0.25) is 10.2 Å². The van der Waals surface area contributed by atoms with Crippen LogP contribution in [0.5, 0.6) is 0 Å². The number of hydrogen-bond acceptors (Lipinski definition) is 7. The predicted octanol–water partition coefficient (Wildman–Crippen LogP) is 5.49. The van der Waals surface area contributed by atoms with E-state index in [1.807, 2.05) is 48.5 Å². The average Bonchev–Trinajstić information content (AvgIpc) is 3.23. The molecule has 1 amide bonds. The Morgan fingerprint density at radius 3 is 2.74 bits per heavy atom. The molecule has 1 aliphatic rings. The molecule has 0 fully saturated rings. The molecule has 158 valence electrons. The highest BCUT2D eigenvalue weighted by Gasteiger charge is 2.37. The van der Waals surface area contributed by atoms with E-state index in [0.717, 1.165) is 27.5 Å². The third kappa shape index (κ3) is 5.33. The smallest absolute Gasteiger partial charge is 0.222 e. The van der Waals surface area contributed by atoms with Gasteiger partial charge in [0.2, 0.25) is 10.9 Å². The number of rotatable bonds is 7. The minimum atomic E-state index is -0.628. The molecule has 0 saturated heterocycles. The van der Waals surface area contributed by atoms with Crippen molar-refractivity contribution in [3.05, 3.63) is 83.0 Å². The number of pyridine rings is 1. The Morgan fingerprint density at radius 2 is 2.00 bits per heavy atom. The van der Waals surface area contributed by atoms with Crippen molar-refractivity contribution in [2.75, 3.05) is 10.6 Å². The second kappa shape index (κ2) is 9.64. The SMILES string of the molecule is CC(=O)Nc1cc(CSc2ccccc2C2(Nc3ccc(Cl)cc3)NN=CS2)ccn1. The molecule has 3 N–H and O–H groups in total. The summed E-state index contributed by atoms with van der Waals surface area (Å²) in [6.07, 6.45) is 1.71. The molecule has 1 aromatic heterocycles. The minimum Gasteiger partial charge on any atom is -0.349 e. The molecule has 0 spiro atoms. The van der Waals surface area contributed by atoms with Crippen LogP contribution in [-0.2, 0) is 15.5 Å². The van der Waals surface area contributed by atoms with Gasteiger partial charge in [-0.2, -0.15) is 5.10 Å². The first-order valence-electron chi connectivity index (χ1n) is 9.49. The summed E-state index contributed by atoms with van der Waals surface area (Å²) in [5.74, 6) is 1.15. The van der Waals surface area contributed by atoms with Crippen LogP contribution in [0.4, 0.5) is 11.5 Å². The van der Waals surface area contributed by atoms with E-state index in [1.165, 1.54) is 6.92 Å². The zero-order chi connectivity index (χ0) is 21.7. The largest absolute Gasteiger partial charge is 0.349 e. The number of nitrogens with one attached hydrogen (secondary N) is 3. The standard InChI is InChI=1S/C22H20ClN5OS2/c1-15(29)26-21-12-16(10-11-24-21)13-30-20-5-3-2-4-19(20)22(28-25-14-31-22)27-18-8-6-17(23)7-9-18/h2-12,14,27-28H,13H2,1H3,(H,24,26,29). The summed E-state index contributed by atoms with van der Waals surface area (Å²) in [7, 11) is 0. The van der Waals surface area contributed by atoms with Gasteiger partial charge in [-0.15, -0.1) is 11.8 Å². The maximum Gasteiger partial charge on any atom is 0.222 e. The summed E-state index contributed by atoms with van der Waals surface area (Å²) in [6.45, 7) is 1.47. The minimum absolute atomic E-state index is 0.137. The lowest BCUT2D eigenvalue weighted by Gasteiger charge is -2.32. The molecule has 31 heavy (non-hydrogen) atoms. The van der Waals surface area contributed by atoms with E-state index in [1.54, 1.807) is 35.3 Å². The van der Waals surface area contributed by atoms with Crippen LogP contribution in [0.1, 0.15) is 18.1 Å². The lowest BCUT2D eigenvalue weighted by molar-refractivity contribution is -0.114. The van der Waals surface area contributed by atoms with Crippen molar-refractivity contribution in [2.45, 2.75) is 22.6 Å². The monoisotopic (exact) mass is 469 g/mol. The number of amides is 1. The number of benzene rings is 2. The van der Waals surface area contributed by atoms with Crippen LogP contribution in [0.25, 0.3) is 0 Å². The highest BCUT2D eigenvalue weighted by molar-refractivity contribution is 8.13. The van der Waals surface area contributed by atoms with E-state index < -0.39 is 4.99 Å². The second-order valence-electron chi connectivity index (χ2n) is 6.79. The molecule has 4 rings (SSSR count). The molecule has 3 aromatic rings. The number of halogens is 1. The lowest BCUT2D eigenvalue weighted by Crippen LogP contribution is -2.41. The first-order valence-corrected chi connectivity index (χ1v) is 11.7. The number of anilines is 2. The van der Waals surface area contributed by atoms with Gasteiger partial charge in [0, 0.05) is 40.0 Å². The third-order valence-electron chi connectivity index (χ3n) is 4.46. The second-order valence-corrected chi connectivity index (χ2v) is 9.31. The fraction of sp³-hybridized carbons (Fsp3) is 0.136. The molecular formula is C22H20ClN5OS2. The Bertz CT molecular complexity index is 1100. The van der Waals surface area contributed by atoms with Gasteiger partial charge in [-0.05, 0) is 48.0 Å². The first-order chi connectivity index (χ1) is 15.0. The van der Waals surface area contributed by atoms with E-state index in [2.05, 4.69) is 38.3 Å². The number of thioether (sulfide) groups is 2. The normalized spacial score (nSPS) is 17.2. The van der Waals surface area contributed by atoms with Crippen LogP contribution in [-0.4, -0.2) is 16.4 Å². The van der Waals surface area contributed by atoms with Crippen molar-refractivity contribution >= 4 is 58.1 Å². The van der Waals surface area contributed by atoms with Gasteiger partial charge < -0.3 is 10.6 Å². The molecule has 0 bridgehead atoms. The Hall–Kier alpha value is -2.68. The summed E-state index contributed by atoms with van der Waals surface area (Å²) in [5, 5.41) is 11.2. The van der Waals surface area contributed by atoms with Crippen molar-refractivity contribution in [1.82, 2.24) is 10.4 Å². The van der Waals surface area contributed by atoms with E-state index >= 15 is 0 Å². The number of aromatic nitrogens is 1. The van der Waals surface area contributed by atoms with Gasteiger partial charge >= 0.3 is 0 Å². The molecule has 0 saturated carbocycles. The van der Waals surface area contributed by atoms with Crippen LogP contribution >= 0.6 is 35.1 Å². The van der Waals surface area contributed by atoms with E-state index in [0.29, 0.717) is 10.8 Å². The molecule has 2 heterocycles. The fourth-order valence-electron chi connectivity index (χ4n) is 3.09. The fourth-order valence-corrected chi connectivity index (χ4v) is 5.19. The molecule has 1 atom stereocenters. The Kier molecular flexibility index (Phi) is 6.70. The zero-order valence-electron chi connectivity index (χ0n) is 16.6. The molecule has 0 aliphatic carbocycles. The molecule has 1 aliphatic heterocycles. The molecule has 0 radical (unpaired) electrons. The molecule has 1 unspecified atom stereocenters. The molecule has 2 aromatic carbocycles. The number of hydrogen-bond donors (Lipinski definition) is 3. The topological polar surface area (TPSA) is 78.4 Å². The zero-order valence-corrected chi connectivity index (χ0v) is 19.0. The van der Waals surface area contributed by atoms with Crippen LogP contribution in [0.3, 0.4) is 0 Å². The highest BCUT2D eigenvalue weighted by Crippen LogP contribution is 2.42. The van der Waals surface area contributed by atoms with E-state index in [4.69, 9.17) is 11.6 Å². The van der Waals surface area contributed by atoms with Crippen LogP contribution in [0.2, 0.25) is 5.02 Å². The average molecular weight is 470 g/mol. The lowest BCUT2D eigenvalue weighted by atomic mass is 10.1. The molecule has 6 nitrogen and oxygen atoms in total. The first kappa shape index (κ1) is 21.5. The van der Waals surface area contributed by atoms with Crippen molar-refractivity contribution in [2.24, 2.45) is 5.10 Å².